The summed E-state index contributed by atoms with van der Waals surface area (Å²) in [6.45, 7) is 3.83. The number of likely N-dealkylation sites (tertiary alicyclic amines) is 1. The van der Waals surface area contributed by atoms with E-state index in [1.807, 2.05) is 36.1 Å². The van der Waals surface area contributed by atoms with E-state index in [4.69, 9.17) is 9.47 Å². The average Bonchev–Trinajstić information content (AvgIpc) is 3.16. The lowest BCUT2D eigenvalue weighted by molar-refractivity contribution is -0.222. The highest BCUT2D eigenvalue weighted by atomic mass is 16.5. The lowest BCUT2D eigenvalue weighted by Gasteiger charge is -2.52. The van der Waals surface area contributed by atoms with Crippen molar-refractivity contribution in [2.45, 2.75) is 37.9 Å². The maximum Gasteiger partial charge on any atom is 0.287 e. The van der Waals surface area contributed by atoms with Gasteiger partial charge in [0.15, 0.2) is 12.4 Å². The first-order chi connectivity index (χ1) is 14.5. The molecular weight excluding hydrogens is 384 g/mol. The number of carbonyl (C=O) groups is 2. The number of imidazole rings is 1. The van der Waals surface area contributed by atoms with Crippen LogP contribution in [0.1, 0.15) is 35.4 Å². The molecular formula is C22H28N4O4. The van der Waals surface area contributed by atoms with E-state index in [1.165, 1.54) is 0 Å². The molecule has 1 atom stereocenters. The molecule has 3 heterocycles. The number of aryl methyl sites for hydroxylation is 2. The minimum atomic E-state index is -0.193. The van der Waals surface area contributed by atoms with Gasteiger partial charge in [-0.25, -0.2) is 4.98 Å². The molecule has 2 aliphatic heterocycles. The third-order valence-corrected chi connectivity index (χ3v) is 6.00. The van der Waals surface area contributed by atoms with Crippen molar-refractivity contribution in [3.63, 3.8) is 0 Å². The number of hydrogen-bond donors (Lipinski definition) is 1. The molecule has 2 saturated heterocycles. The van der Waals surface area contributed by atoms with Crippen molar-refractivity contribution in [2.75, 3.05) is 26.2 Å². The Labute approximate surface area is 176 Å². The van der Waals surface area contributed by atoms with Crippen LogP contribution in [-0.4, -0.2) is 64.2 Å². The van der Waals surface area contributed by atoms with Crippen LogP contribution < -0.4 is 10.1 Å². The Hall–Kier alpha value is -2.87. The molecule has 2 aromatic rings. The van der Waals surface area contributed by atoms with Crippen molar-refractivity contribution < 1.29 is 19.1 Å². The standard InChI is InChI=1S/C22H28N4O4/c1-16-5-3-4-6-18(16)29-15-19(27)26-10-7-22(8-11-26)13-17(30-22)14-24-21(28)20-23-9-12-25(20)2/h3-6,9,12,17H,7-8,10-11,13-15H2,1-2H3,(H,24,28)/t17-/m1/s1. The molecule has 0 aliphatic carbocycles. The van der Waals surface area contributed by atoms with Crippen molar-refractivity contribution in [3.05, 3.63) is 48.0 Å². The number of nitrogens with one attached hydrogen (secondary N) is 1. The van der Waals surface area contributed by atoms with Crippen LogP contribution in [0, 0.1) is 6.92 Å². The van der Waals surface area contributed by atoms with E-state index in [1.54, 1.807) is 24.0 Å². The van der Waals surface area contributed by atoms with E-state index in [2.05, 4.69) is 10.3 Å². The fourth-order valence-corrected chi connectivity index (χ4v) is 4.18. The predicted molar refractivity (Wildman–Crippen MR) is 110 cm³/mol. The topological polar surface area (TPSA) is 85.7 Å². The Morgan fingerprint density at radius 2 is 2.03 bits per heavy atom. The molecule has 0 bridgehead atoms. The third kappa shape index (κ3) is 4.33. The first-order valence-corrected chi connectivity index (χ1v) is 10.4. The molecule has 0 unspecified atom stereocenters. The lowest BCUT2D eigenvalue weighted by Crippen LogP contribution is -2.60. The van der Waals surface area contributed by atoms with Crippen LogP contribution >= 0.6 is 0 Å². The molecule has 8 nitrogen and oxygen atoms in total. The Bertz CT molecular complexity index is 909. The second-order valence-electron chi connectivity index (χ2n) is 8.13. The predicted octanol–water partition coefficient (Wildman–Crippen LogP) is 1.69. The summed E-state index contributed by atoms with van der Waals surface area (Å²) in [5.74, 6) is 0.952. The van der Waals surface area contributed by atoms with E-state index in [0.29, 0.717) is 25.5 Å². The normalized spacial score (nSPS) is 19.9. The molecule has 1 aromatic carbocycles. The van der Waals surface area contributed by atoms with E-state index in [0.717, 1.165) is 30.6 Å². The zero-order valence-corrected chi connectivity index (χ0v) is 17.5. The van der Waals surface area contributed by atoms with Crippen molar-refractivity contribution in [3.8, 4) is 5.75 Å². The van der Waals surface area contributed by atoms with Crippen LogP contribution in [0.15, 0.2) is 36.7 Å². The summed E-state index contributed by atoms with van der Waals surface area (Å²) in [6.07, 6.45) is 5.88. The first-order valence-electron chi connectivity index (χ1n) is 10.4. The third-order valence-electron chi connectivity index (χ3n) is 6.00. The largest absolute Gasteiger partial charge is 0.484 e. The Balaban J connectivity index is 1.17. The smallest absolute Gasteiger partial charge is 0.287 e. The summed E-state index contributed by atoms with van der Waals surface area (Å²) < 4.78 is 13.5. The first kappa shape index (κ1) is 20.4. The molecule has 8 heteroatoms. The van der Waals surface area contributed by atoms with Crippen LogP contribution in [0.3, 0.4) is 0 Å². The summed E-state index contributed by atoms with van der Waals surface area (Å²) in [6, 6.07) is 7.70. The van der Waals surface area contributed by atoms with Crippen molar-refractivity contribution in [2.24, 2.45) is 7.05 Å². The van der Waals surface area contributed by atoms with Crippen LogP contribution in [0.5, 0.6) is 5.75 Å². The molecule has 1 N–H and O–H groups in total. The molecule has 0 radical (unpaired) electrons. The highest BCUT2D eigenvalue weighted by Gasteiger charge is 2.47. The van der Waals surface area contributed by atoms with Crippen molar-refractivity contribution in [1.82, 2.24) is 19.8 Å². The van der Waals surface area contributed by atoms with Gasteiger partial charge < -0.3 is 24.3 Å². The Kier molecular flexibility index (Phi) is 5.76. The van der Waals surface area contributed by atoms with Gasteiger partial charge in [-0.2, -0.15) is 0 Å². The average molecular weight is 412 g/mol. The van der Waals surface area contributed by atoms with E-state index < -0.39 is 0 Å². The maximum absolute atomic E-state index is 12.5. The van der Waals surface area contributed by atoms with Gasteiger partial charge in [0.05, 0.1) is 11.7 Å². The minimum absolute atomic E-state index is 0.00584. The highest BCUT2D eigenvalue weighted by Crippen LogP contribution is 2.41. The van der Waals surface area contributed by atoms with Gasteiger partial charge in [0.2, 0.25) is 0 Å². The number of hydrogen-bond acceptors (Lipinski definition) is 5. The van der Waals surface area contributed by atoms with Gasteiger partial charge >= 0.3 is 0 Å². The number of aromatic nitrogens is 2. The number of carbonyl (C=O) groups excluding carboxylic acids is 2. The van der Waals surface area contributed by atoms with Crippen LogP contribution in [0.25, 0.3) is 0 Å². The number of piperidine rings is 1. The molecule has 1 aromatic heterocycles. The second-order valence-corrected chi connectivity index (χ2v) is 8.13. The van der Waals surface area contributed by atoms with Gasteiger partial charge in [-0.1, -0.05) is 18.2 Å². The Morgan fingerprint density at radius 1 is 1.30 bits per heavy atom. The van der Waals surface area contributed by atoms with Gasteiger partial charge in [0, 0.05) is 45.5 Å². The number of nitrogens with zero attached hydrogens (tertiary/aromatic N) is 3. The van der Waals surface area contributed by atoms with E-state index >= 15 is 0 Å². The summed E-state index contributed by atoms with van der Waals surface area (Å²) in [5, 5.41) is 2.89. The molecule has 2 aliphatic rings. The zero-order valence-electron chi connectivity index (χ0n) is 17.5. The van der Waals surface area contributed by atoms with Gasteiger partial charge in [-0.3, -0.25) is 9.59 Å². The minimum Gasteiger partial charge on any atom is -0.484 e. The monoisotopic (exact) mass is 412 g/mol. The van der Waals surface area contributed by atoms with Crippen LogP contribution in [0.2, 0.25) is 0 Å². The number of benzene rings is 1. The summed E-state index contributed by atoms with van der Waals surface area (Å²) in [5.41, 5.74) is 0.860. The van der Waals surface area contributed by atoms with E-state index in [9.17, 15) is 9.59 Å². The SMILES string of the molecule is Cc1ccccc1OCC(=O)N1CCC2(CC1)C[C@H](CNC(=O)c1nccn1C)O2. The van der Waals surface area contributed by atoms with Crippen LogP contribution in [0.4, 0.5) is 0 Å². The highest BCUT2D eigenvalue weighted by molar-refractivity contribution is 5.90. The molecule has 30 heavy (non-hydrogen) atoms. The van der Waals surface area contributed by atoms with Crippen molar-refractivity contribution >= 4 is 11.8 Å². The number of amides is 2. The fraction of sp³-hybridized carbons (Fsp3) is 0.500. The quantitative estimate of drug-likeness (QED) is 0.780. The molecule has 160 valence electrons. The number of ether oxygens (including phenoxy) is 2. The summed E-state index contributed by atoms with van der Waals surface area (Å²) in [7, 11) is 1.79. The fourth-order valence-electron chi connectivity index (χ4n) is 4.18. The molecule has 2 amide bonds. The maximum atomic E-state index is 12.5. The van der Waals surface area contributed by atoms with Gasteiger partial charge in [-0.05, 0) is 31.4 Å². The molecule has 4 rings (SSSR count). The lowest BCUT2D eigenvalue weighted by atomic mass is 9.80. The van der Waals surface area contributed by atoms with Gasteiger partial charge in [-0.15, -0.1) is 0 Å². The zero-order chi connectivity index (χ0) is 21.1. The summed E-state index contributed by atoms with van der Waals surface area (Å²) >= 11 is 0. The summed E-state index contributed by atoms with van der Waals surface area (Å²) in [4.78, 5) is 30.5. The van der Waals surface area contributed by atoms with Gasteiger partial charge in [0.1, 0.15) is 5.75 Å². The molecule has 1 spiro atoms. The molecule has 2 fully saturated rings. The van der Waals surface area contributed by atoms with Gasteiger partial charge in [0.25, 0.3) is 11.8 Å². The number of rotatable bonds is 6. The van der Waals surface area contributed by atoms with Crippen LogP contribution in [-0.2, 0) is 16.6 Å². The second kappa shape index (κ2) is 8.47. The Morgan fingerprint density at radius 3 is 2.70 bits per heavy atom. The molecule has 0 saturated carbocycles. The van der Waals surface area contributed by atoms with Crippen molar-refractivity contribution in [1.29, 1.82) is 0 Å². The number of para-hydroxylation sites is 1. The van der Waals surface area contributed by atoms with E-state index in [-0.39, 0.29) is 30.1 Å².